The zero-order valence-electron chi connectivity index (χ0n) is 22.2. The Labute approximate surface area is 220 Å². The smallest absolute Gasteiger partial charge is 0.331 e. The lowest BCUT2D eigenvalue weighted by atomic mass is 9.41. The number of nitrogens with zero attached hydrogens (tertiary/aromatic N) is 2. The number of esters is 1. The van der Waals surface area contributed by atoms with Crippen molar-refractivity contribution >= 4 is 12.2 Å². The predicted octanol–water partition coefficient (Wildman–Crippen LogP) is 2.10. The standard InChI is InChI=1S/C29H44N2O6/c1-26-6-3-23-24(29(26,35)9-5-22(26)20-16-25(33)37-18-20)4-8-28(34)17-21(32)2-7-27(23,28)19-30-10-11-31-12-14-36-15-13-31/h16,19,21-24,32,34-35H,2-15,17-18H2,1H3/t21-,22-,23+,24-,26-,27+,28-,29-/m1/s1. The number of fused-ring (bicyclic) bond motifs is 5. The van der Waals surface area contributed by atoms with Crippen LogP contribution in [0.2, 0.25) is 0 Å². The third-order valence-corrected chi connectivity index (χ3v) is 11.6. The monoisotopic (exact) mass is 516 g/mol. The number of aliphatic hydroxyl groups excluding tert-OH is 1. The van der Waals surface area contributed by atoms with E-state index >= 15 is 0 Å². The summed E-state index contributed by atoms with van der Waals surface area (Å²) in [6.45, 7) is 7.53. The molecule has 0 aromatic heterocycles. The number of hydrogen-bond donors (Lipinski definition) is 3. The number of hydrogen-bond acceptors (Lipinski definition) is 8. The van der Waals surface area contributed by atoms with Crippen molar-refractivity contribution < 1.29 is 29.6 Å². The quantitative estimate of drug-likeness (QED) is 0.379. The molecule has 6 aliphatic rings. The summed E-state index contributed by atoms with van der Waals surface area (Å²) >= 11 is 0. The Balaban J connectivity index is 1.28. The summed E-state index contributed by atoms with van der Waals surface area (Å²) < 4.78 is 10.7. The number of carbonyl (C=O) groups excluding carboxylic acids is 1. The van der Waals surface area contributed by atoms with Gasteiger partial charge in [0, 0.05) is 49.2 Å². The molecule has 3 N–H and O–H groups in total. The van der Waals surface area contributed by atoms with Crippen LogP contribution in [0.3, 0.4) is 0 Å². The molecular weight excluding hydrogens is 472 g/mol. The van der Waals surface area contributed by atoms with Crippen molar-refractivity contribution in [2.24, 2.45) is 33.6 Å². The van der Waals surface area contributed by atoms with Gasteiger partial charge in [-0.25, -0.2) is 4.79 Å². The number of morpholine rings is 1. The van der Waals surface area contributed by atoms with Gasteiger partial charge in [0.25, 0.3) is 0 Å². The van der Waals surface area contributed by atoms with Gasteiger partial charge in [-0.3, -0.25) is 9.89 Å². The zero-order valence-corrected chi connectivity index (χ0v) is 22.2. The maximum atomic E-state index is 12.5. The van der Waals surface area contributed by atoms with E-state index in [1.54, 1.807) is 6.08 Å². The molecule has 0 bridgehead atoms. The minimum absolute atomic E-state index is 0.0658. The Hall–Kier alpha value is -1.32. The summed E-state index contributed by atoms with van der Waals surface area (Å²) in [6.07, 6.45) is 9.65. The highest BCUT2D eigenvalue weighted by Gasteiger charge is 2.71. The lowest BCUT2D eigenvalue weighted by Crippen LogP contribution is -2.68. The van der Waals surface area contributed by atoms with Crippen LogP contribution in [0.25, 0.3) is 0 Å². The molecule has 0 spiro atoms. The van der Waals surface area contributed by atoms with Crippen molar-refractivity contribution in [3.8, 4) is 0 Å². The minimum atomic E-state index is -0.995. The van der Waals surface area contributed by atoms with Crippen LogP contribution in [0.4, 0.5) is 0 Å². The zero-order chi connectivity index (χ0) is 25.9. The highest BCUT2D eigenvalue weighted by atomic mass is 16.5. The first-order valence-electron chi connectivity index (χ1n) is 14.5. The second-order valence-electron chi connectivity index (χ2n) is 13.0. The fourth-order valence-electron chi connectivity index (χ4n) is 9.61. The molecule has 8 atom stereocenters. The van der Waals surface area contributed by atoms with E-state index in [0.717, 1.165) is 64.1 Å². The molecule has 0 radical (unpaired) electrons. The number of aliphatic hydroxyl groups is 3. The first-order valence-corrected chi connectivity index (χ1v) is 14.5. The van der Waals surface area contributed by atoms with E-state index in [0.29, 0.717) is 45.3 Å². The predicted molar refractivity (Wildman–Crippen MR) is 138 cm³/mol. The van der Waals surface area contributed by atoms with E-state index in [4.69, 9.17) is 14.5 Å². The van der Waals surface area contributed by atoms with Crippen LogP contribution in [0, 0.1) is 28.6 Å². The van der Waals surface area contributed by atoms with E-state index < -0.39 is 22.7 Å². The summed E-state index contributed by atoms with van der Waals surface area (Å²) in [6, 6.07) is 0. The largest absolute Gasteiger partial charge is 0.458 e. The van der Waals surface area contributed by atoms with Crippen LogP contribution in [0.1, 0.15) is 64.7 Å². The maximum absolute atomic E-state index is 12.5. The molecule has 6 rings (SSSR count). The summed E-state index contributed by atoms with van der Waals surface area (Å²) in [7, 11) is 0. The molecule has 206 valence electrons. The van der Waals surface area contributed by atoms with E-state index in [9.17, 15) is 20.1 Å². The maximum Gasteiger partial charge on any atom is 0.331 e. The van der Waals surface area contributed by atoms with Gasteiger partial charge in [0.1, 0.15) is 6.61 Å². The van der Waals surface area contributed by atoms with Crippen LogP contribution >= 0.6 is 0 Å². The van der Waals surface area contributed by atoms with Crippen molar-refractivity contribution in [1.82, 2.24) is 4.90 Å². The Morgan fingerprint density at radius 1 is 1.08 bits per heavy atom. The summed E-state index contributed by atoms with van der Waals surface area (Å²) in [5, 5.41) is 35.2. The average molecular weight is 517 g/mol. The van der Waals surface area contributed by atoms with Crippen LogP contribution in [0.15, 0.2) is 16.6 Å². The molecule has 2 aliphatic heterocycles. The molecule has 8 heteroatoms. The van der Waals surface area contributed by atoms with Gasteiger partial charge in [0.2, 0.25) is 0 Å². The second-order valence-corrected chi connectivity index (χ2v) is 13.0. The molecule has 4 saturated carbocycles. The third kappa shape index (κ3) is 3.96. The Morgan fingerprint density at radius 3 is 2.62 bits per heavy atom. The van der Waals surface area contributed by atoms with E-state index in [1.165, 1.54) is 0 Å². The van der Waals surface area contributed by atoms with Gasteiger partial charge in [-0.1, -0.05) is 6.92 Å². The van der Waals surface area contributed by atoms with E-state index in [2.05, 4.69) is 18.0 Å². The molecule has 2 heterocycles. The van der Waals surface area contributed by atoms with Crippen molar-refractivity contribution in [2.75, 3.05) is 46.0 Å². The van der Waals surface area contributed by atoms with E-state index in [1.807, 2.05) is 0 Å². The SMILES string of the molecule is C[C@]12CC[C@H]3[C@@H](CC[C@@]4(O)C[C@H](O)CC[C@]34C=NCCN3CCOCC3)[C@]1(O)CC[C@@H]2C1=CC(=O)OC1. The lowest BCUT2D eigenvalue weighted by molar-refractivity contribution is -0.237. The number of aliphatic imine (C=N–C) groups is 1. The second kappa shape index (κ2) is 9.40. The molecule has 1 saturated heterocycles. The highest BCUT2D eigenvalue weighted by molar-refractivity contribution is 5.85. The fourth-order valence-corrected chi connectivity index (χ4v) is 9.61. The van der Waals surface area contributed by atoms with Crippen molar-refractivity contribution in [3.05, 3.63) is 11.6 Å². The van der Waals surface area contributed by atoms with Gasteiger partial charge in [-0.05, 0) is 74.7 Å². The van der Waals surface area contributed by atoms with Crippen molar-refractivity contribution in [3.63, 3.8) is 0 Å². The lowest BCUT2D eigenvalue weighted by Gasteiger charge is -2.65. The highest BCUT2D eigenvalue weighted by Crippen LogP contribution is 2.70. The van der Waals surface area contributed by atoms with Gasteiger partial charge >= 0.3 is 5.97 Å². The number of ether oxygens (including phenoxy) is 2. The topological polar surface area (TPSA) is 112 Å². The molecule has 0 unspecified atom stereocenters. The fraction of sp³-hybridized carbons (Fsp3) is 0.862. The number of carbonyl (C=O) groups is 1. The Bertz CT molecular complexity index is 964. The molecule has 0 aromatic rings. The van der Waals surface area contributed by atoms with Crippen LogP contribution < -0.4 is 0 Å². The van der Waals surface area contributed by atoms with Gasteiger partial charge in [-0.15, -0.1) is 0 Å². The molecular formula is C29H44N2O6. The third-order valence-electron chi connectivity index (χ3n) is 11.6. The normalized spacial score (nSPS) is 48.3. The minimum Gasteiger partial charge on any atom is -0.458 e. The molecule has 5 fully saturated rings. The van der Waals surface area contributed by atoms with Crippen LogP contribution in [-0.2, 0) is 14.3 Å². The van der Waals surface area contributed by atoms with Gasteiger partial charge in [-0.2, -0.15) is 0 Å². The van der Waals surface area contributed by atoms with Crippen LogP contribution in [0.5, 0.6) is 0 Å². The Morgan fingerprint density at radius 2 is 1.86 bits per heavy atom. The summed E-state index contributed by atoms with van der Waals surface area (Å²) in [5.74, 6) is 0.0738. The van der Waals surface area contributed by atoms with Gasteiger partial charge in [0.15, 0.2) is 0 Å². The molecule has 8 nitrogen and oxygen atoms in total. The molecule has 0 amide bonds. The summed E-state index contributed by atoms with van der Waals surface area (Å²) in [5.41, 5.74) is -1.65. The average Bonchev–Trinajstić information content (AvgIpc) is 3.42. The first-order chi connectivity index (χ1) is 17.7. The van der Waals surface area contributed by atoms with Gasteiger partial charge < -0.3 is 24.8 Å². The van der Waals surface area contributed by atoms with E-state index in [-0.39, 0.29) is 29.1 Å². The number of cyclic esters (lactones) is 1. The van der Waals surface area contributed by atoms with Crippen molar-refractivity contribution in [2.45, 2.75) is 82.0 Å². The van der Waals surface area contributed by atoms with Crippen molar-refractivity contribution in [1.29, 1.82) is 0 Å². The molecule has 37 heavy (non-hydrogen) atoms. The number of rotatable bonds is 5. The van der Waals surface area contributed by atoms with Crippen LogP contribution in [-0.4, -0.2) is 95.7 Å². The summed E-state index contributed by atoms with van der Waals surface area (Å²) in [4.78, 5) is 19.2. The Kier molecular flexibility index (Phi) is 6.59. The molecule has 4 aliphatic carbocycles. The first kappa shape index (κ1) is 25.9. The van der Waals surface area contributed by atoms with Gasteiger partial charge in [0.05, 0.1) is 37.1 Å². The molecule has 0 aromatic carbocycles.